The van der Waals surface area contributed by atoms with Crippen molar-refractivity contribution in [3.63, 3.8) is 0 Å². The van der Waals surface area contributed by atoms with E-state index in [1.54, 1.807) is 6.07 Å². The molecule has 0 bridgehead atoms. The van der Waals surface area contributed by atoms with Gasteiger partial charge in [0, 0.05) is 24.8 Å². The Morgan fingerprint density at radius 3 is 2.58 bits per heavy atom. The molecule has 0 atom stereocenters. The van der Waals surface area contributed by atoms with Crippen LogP contribution in [0.5, 0.6) is 5.75 Å². The van der Waals surface area contributed by atoms with E-state index in [0.29, 0.717) is 18.8 Å². The number of hydrogen-bond acceptors (Lipinski definition) is 3. The van der Waals surface area contributed by atoms with Crippen molar-refractivity contribution in [3.8, 4) is 5.75 Å². The Hall–Kier alpha value is -2.56. The highest BCUT2D eigenvalue weighted by atomic mass is 19.1. The molecule has 0 aliphatic carbocycles. The number of anilines is 1. The third kappa shape index (κ3) is 4.47. The summed E-state index contributed by atoms with van der Waals surface area (Å²) >= 11 is 0. The molecule has 1 fully saturated rings. The lowest BCUT2D eigenvalue weighted by atomic mass is 10.0. The molecule has 0 aromatic heterocycles. The fraction of sp³-hybridized carbons (Fsp3) is 0.316. The molecule has 24 heavy (non-hydrogen) atoms. The molecule has 1 heterocycles. The van der Waals surface area contributed by atoms with E-state index in [4.69, 9.17) is 4.74 Å². The maximum absolute atomic E-state index is 13.2. The zero-order chi connectivity index (χ0) is 16.8. The van der Waals surface area contributed by atoms with Crippen LogP contribution in [0.1, 0.15) is 12.8 Å². The zero-order valence-electron chi connectivity index (χ0n) is 13.5. The number of halogens is 1. The first kappa shape index (κ1) is 16.3. The predicted octanol–water partition coefficient (Wildman–Crippen LogP) is 3.31. The van der Waals surface area contributed by atoms with Crippen molar-refractivity contribution in [1.82, 2.24) is 4.90 Å². The second kappa shape index (κ2) is 7.81. The van der Waals surface area contributed by atoms with E-state index in [0.717, 1.165) is 18.5 Å². The summed E-state index contributed by atoms with van der Waals surface area (Å²) in [6.07, 6.45) is 1.68. The van der Waals surface area contributed by atoms with Gasteiger partial charge in [-0.15, -0.1) is 0 Å². The number of nitrogens with one attached hydrogen (secondary N) is 1. The second-order valence-corrected chi connectivity index (χ2v) is 5.91. The highest BCUT2D eigenvalue weighted by molar-refractivity contribution is 5.77. The number of ether oxygens (including phenoxy) is 1. The number of carbonyl (C=O) groups is 1. The van der Waals surface area contributed by atoms with Crippen LogP contribution < -0.4 is 10.1 Å². The molecule has 5 heteroatoms. The minimum atomic E-state index is -0.245. The molecule has 0 unspecified atom stereocenters. The quantitative estimate of drug-likeness (QED) is 0.915. The number of likely N-dealkylation sites (tertiary alicyclic amines) is 1. The molecule has 126 valence electrons. The molecule has 0 spiro atoms. The zero-order valence-corrected chi connectivity index (χ0v) is 13.5. The summed E-state index contributed by atoms with van der Waals surface area (Å²) < 4.78 is 18.7. The van der Waals surface area contributed by atoms with Gasteiger partial charge in [0.25, 0.3) is 5.91 Å². The minimum Gasteiger partial charge on any atom is -0.484 e. The van der Waals surface area contributed by atoms with E-state index >= 15 is 0 Å². The van der Waals surface area contributed by atoms with Crippen LogP contribution in [-0.2, 0) is 4.79 Å². The fourth-order valence-corrected chi connectivity index (χ4v) is 2.84. The number of benzene rings is 2. The van der Waals surface area contributed by atoms with Crippen LogP contribution >= 0.6 is 0 Å². The Morgan fingerprint density at radius 1 is 1.12 bits per heavy atom. The van der Waals surface area contributed by atoms with Gasteiger partial charge < -0.3 is 15.0 Å². The van der Waals surface area contributed by atoms with E-state index in [2.05, 4.69) is 5.32 Å². The Labute approximate surface area is 141 Å². The molecule has 3 rings (SSSR count). The minimum absolute atomic E-state index is 0.00283. The van der Waals surface area contributed by atoms with Gasteiger partial charge in [-0.3, -0.25) is 4.79 Å². The van der Waals surface area contributed by atoms with Gasteiger partial charge >= 0.3 is 0 Å². The first-order valence-electron chi connectivity index (χ1n) is 8.18. The molecule has 1 amide bonds. The number of nitrogens with zero attached hydrogens (tertiary/aromatic N) is 1. The third-order valence-corrected chi connectivity index (χ3v) is 4.15. The van der Waals surface area contributed by atoms with Crippen molar-refractivity contribution in [2.24, 2.45) is 0 Å². The number of amides is 1. The molecule has 1 saturated heterocycles. The Morgan fingerprint density at radius 2 is 1.88 bits per heavy atom. The highest BCUT2D eigenvalue weighted by Crippen LogP contribution is 2.18. The van der Waals surface area contributed by atoms with Gasteiger partial charge in [-0.25, -0.2) is 4.39 Å². The average molecular weight is 328 g/mol. The van der Waals surface area contributed by atoms with Crippen molar-refractivity contribution < 1.29 is 13.9 Å². The SMILES string of the molecule is O=C(COc1ccccc1)N1CCC(Nc2cccc(F)c2)CC1. The summed E-state index contributed by atoms with van der Waals surface area (Å²) in [4.78, 5) is 14.0. The smallest absolute Gasteiger partial charge is 0.260 e. The normalized spacial score (nSPS) is 15.1. The Balaban J connectivity index is 1.43. The third-order valence-electron chi connectivity index (χ3n) is 4.15. The van der Waals surface area contributed by atoms with E-state index in [1.807, 2.05) is 41.3 Å². The first-order chi connectivity index (χ1) is 11.7. The van der Waals surface area contributed by atoms with Crippen molar-refractivity contribution in [2.45, 2.75) is 18.9 Å². The summed E-state index contributed by atoms with van der Waals surface area (Å²) in [6.45, 7) is 1.43. The maximum atomic E-state index is 13.2. The monoisotopic (exact) mass is 328 g/mol. The molecule has 1 aliphatic heterocycles. The molecule has 1 N–H and O–H groups in total. The van der Waals surface area contributed by atoms with Crippen LogP contribution in [0.25, 0.3) is 0 Å². The van der Waals surface area contributed by atoms with Gasteiger partial charge in [-0.2, -0.15) is 0 Å². The van der Waals surface area contributed by atoms with Crippen molar-refractivity contribution >= 4 is 11.6 Å². The predicted molar refractivity (Wildman–Crippen MR) is 91.6 cm³/mol. The van der Waals surface area contributed by atoms with Crippen LogP contribution in [0.3, 0.4) is 0 Å². The highest BCUT2D eigenvalue weighted by Gasteiger charge is 2.23. The number of hydrogen-bond donors (Lipinski definition) is 1. The molecular weight excluding hydrogens is 307 g/mol. The molecular formula is C19H21FN2O2. The summed E-state index contributed by atoms with van der Waals surface area (Å²) in [5.74, 6) is 0.460. The standard InChI is InChI=1S/C19H21FN2O2/c20-15-5-4-6-17(13-15)21-16-9-11-22(12-10-16)19(23)14-24-18-7-2-1-3-8-18/h1-8,13,16,21H,9-12,14H2. The first-order valence-corrected chi connectivity index (χ1v) is 8.18. The Bertz CT molecular complexity index is 670. The largest absolute Gasteiger partial charge is 0.484 e. The molecule has 0 radical (unpaired) electrons. The van der Waals surface area contributed by atoms with Crippen LogP contribution in [0.15, 0.2) is 54.6 Å². The lowest BCUT2D eigenvalue weighted by Crippen LogP contribution is -2.44. The van der Waals surface area contributed by atoms with Crippen LogP contribution in [0.4, 0.5) is 10.1 Å². The van der Waals surface area contributed by atoms with Crippen molar-refractivity contribution in [3.05, 3.63) is 60.4 Å². The number of piperidine rings is 1. The molecule has 4 nitrogen and oxygen atoms in total. The summed E-state index contributed by atoms with van der Waals surface area (Å²) in [7, 11) is 0. The topological polar surface area (TPSA) is 41.6 Å². The van der Waals surface area contributed by atoms with E-state index in [9.17, 15) is 9.18 Å². The van der Waals surface area contributed by atoms with Crippen LogP contribution in [0.2, 0.25) is 0 Å². The maximum Gasteiger partial charge on any atom is 0.260 e. The lowest BCUT2D eigenvalue weighted by Gasteiger charge is -2.32. The van der Waals surface area contributed by atoms with Gasteiger partial charge in [0.1, 0.15) is 11.6 Å². The van der Waals surface area contributed by atoms with E-state index in [1.165, 1.54) is 12.1 Å². The molecule has 1 aliphatic rings. The number of para-hydroxylation sites is 1. The molecule has 2 aromatic rings. The summed E-state index contributed by atoms with van der Waals surface area (Å²) in [5.41, 5.74) is 0.784. The van der Waals surface area contributed by atoms with Crippen molar-refractivity contribution in [1.29, 1.82) is 0 Å². The van der Waals surface area contributed by atoms with Crippen LogP contribution in [0, 0.1) is 5.82 Å². The fourth-order valence-electron chi connectivity index (χ4n) is 2.84. The van der Waals surface area contributed by atoms with Gasteiger partial charge in [0.2, 0.25) is 0 Å². The van der Waals surface area contributed by atoms with Gasteiger partial charge in [0.05, 0.1) is 0 Å². The number of rotatable bonds is 5. The summed E-state index contributed by atoms with van der Waals surface area (Å²) in [6, 6.07) is 16.1. The van der Waals surface area contributed by atoms with E-state index in [-0.39, 0.29) is 24.4 Å². The van der Waals surface area contributed by atoms with Gasteiger partial charge in [-0.05, 0) is 43.2 Å². The average Bonchev–Trinajstić information content (AvgIpc) is 2.61. The second-order valence-electron chi connectivity index (χ2n) is 5.91. The summed E-state index contributed by atoms with van der Waals surface area (Å²) in [5, 5.41) is 3.33. The molecule has 2 aromatic carbocycles. The number of carbonyl (C=O) groups excluding carboxylic acids is 1. The molecule has 0 saturated carbocycles. The van der Waals surface area contributed by atoms with E-state index < -0.39 is 0 Å². The Kier molecular flexibility index (Phi) is 5.31. The lowest BCUT2D eigenvalue weighted by molar-refractivity contribution is -0.134. The van der Waals surface area contributed by atoms with Crippen molar-refractivity contribution in [2.75, 3.05) is 25.0 Å². The van der Waals surface area contributed by atoms with Gasteiger partial charge in [-0.1, -0.05) is 24.3 Å². The van der Waals surface area contributed by atoms with Gasteiger partial charge in [0.15, 0.2) is 6.61 Å². The van der Waals surface area contributed by atoms with Crippen LogP contribution in [-0.4, -0.2) is 36.5 Å².